The smallest absolute Gasteiger partial charge is 0.131 e. The molecule has 1 N–H and O–H groups in total. The Kier molecular flexibility index (Phi) is 2.87. The maximum Gasteiger partial charge on any atom is 0.131 e. The van der Waals surface area contributed by atoms with Gasteiger partial charge in [-0.1, -0.05) is 66.7 Å². The van der Waals surface area contributed by atoms with Gasteiger partial charge in [0.05, 0.1) is 0 Å². The predicted octanol–water partition coefficient (Wildman–Crippen LogP) is 5.67. The molecule has 22 heavy (non-hydrogen) atoms. The quantitative estimate of drug-likeness (QED) is 0.477. The fourth-order valence-electron chi connectivity index (χ4n) is 3.21. The van der Waals surface area contributed by atoms with Crippen molar-refractivity contribution < 1.29 is 5.11 Å². The minimum Gasteiger partial charge on any atom is -0.507 e. The molecule has 0 spiro atoms. The van der Waals surface area contributed by atoms with Crippen LogP contribution in [0.3, 0.4) is 0 Å². The molecule has 0 radical (unpaired) electrons. The maximum atomic E-state index is 10.8. The van der Waals surface area contributed by atoms with Crippen LogP contribution in [0, 0.1) is 6.92 Å². The number of hydrogen-bond acceptors (Lipinski definition) is 1. The van der Waals surface area contributed by atoms with Crippen LogP contribution in [0.4, 0.5) is 0 Å². The van der Waals surface area contributed by atoms with Crippen molar-refractivity contribution in [3.63, 3.8) is 0 Å². The number of hydrogen-bond donors (Lipinski definition) is 1. The molecule has 1 nitrogen and oxygen atoms in total. The third-order valence-corrected chi connectivity index (χ3v) is 4.30. The first-order chi connectivity index (χ1) is 10.8. The van der Waals surface area contributed by atoms with Crippen molar-refractivity contribution in [3.8, 4) is 16.9 Å². The van der Waals surface area contributed by atoms with Crippen molar-refractivity contribution in [2.75, 3.05) is 0 Å². The van der Waals surface area contributed by atoms with Gasteiger partial charge in [0.1, 0.15) is 5.75 Å². The Balaban J connectivity index is 2.11. The molecule has 0 aliphatic rings. The molecular weight excluding hydrogens is 268 g/mol. The first kappa shape index (κ1) is 12.9. The summed E-state index contributed by atoms with van der Waals surface area (Å²) in [4.78, 5) is 0. The second kappa shape index (κ2) is 4.88. The summed E-state index contributed by atoms with van der Waals surface area (Å²) in [6, 6.07) is 24.6. The lowest BCUT2D eigenvalue weighted by atomic mass is 9.93. The summed E-state index contributed by atoms with van der Waals surface area (Å²) < 4.78 is 0. The summed E-state index contributed by atoms with van der Waals surface area (Å²) in [6.45, 7) is 2.09. The molecule has 4 aromatic rings. The number of phenolic OH excluding ortho intramolecular Hbond substituents is 1. The Hall–Kier alpha value is -2.80. The van der Waals surface area contributed by atoms with Crippen LogP contribution in [0.15, 0.2) is 72.8 Å². The predicted molar refractivity (Wildman–Crippen MR) is 93.3 cm³/mol. The lowest BCUT2D eigenvalue weighted by Gasteiger charge is -2.13. The average Bonchev–Trinajstić information content (AvgIpc) is 2.58. The molecule has 0 aliphatic carbocycles. The summed E-state index contributed by atoms with van der Waals surface area (Å²) in [5.74, 6) is 0.359. The third-order valence-electron chi connectivity index (χ3n) is 4.30. The van der Waals surface area contributed by atoms with Gasteiger partial charge in [-0.25, -0.2) is 0 Å². The molecule has 4 aromatic carbocycles. The molecule has 0 bridgehead atoms. The molecule has 1 heteroatoms. The van der Waals surface area contributed by atoms with Gasteiger partial charge < -0.3 is 5.11 Å². The van der Waals surface area contributed by atoms with Crippen LogP contribution < -0.4 is 0 Å². The van der Waals surface area contributed by atoms with Crippen molar-refractivity contribution in [3.05, 3.63) is 78.4 Å². The zero-order chi connectivity index (χ0) is 15.1. The van der Waals surface area contributed by atoms with Crippen molar-refractivity contribution in [1.29, 1.82) is 0 Å². The van der Waals surface area contributed by atoms with Crippen LogP contribution in [0.2, 0.25) is 0 Å². The van der Waals surface area contributed by atoms with Gasteiger partial charge in [0.15, 0.2) is 0 Å². The number of fused-ring (bicyclic) bond motifs is 2. The Bertz CT molecular complexity index is 994. The van der Waals surface area contributed by atoms with E-state index in [1.54, 1.807) is 0 Å². The van der Waals surface area contributed by atoms with Gasteiger partial charge in [0.25, 0.3) is 0 Å². The van der Waals surface area contributed by atoms with Crippen LogP contribution in [-0.4, -0.2) is 5.11 Å². The number of aromatic hydroxyl groups is 1. The highest BCUT2D eigenvalue weighted by Crippen LogP contribution is 2.40. The van der Waals surface area contributed by atoms with Gasteiger partial charge in [-0.15, -0.1) is 0 Å². The fourth-order valence-corrected chi connectivity index (χ4v) is 3.21. The topological polar surface area (TPSA) is 20.2 Å². The van der Waals surface area contributed by atoms with Crippen molar-refractivity contribution in [2.24, 2.45) is 0 Å². The zero-order valence-corrected chi connectivity index (χ0v) is 12.4. The standard InChI is InChI=1S/C21H16O/c1-14-13-20(21(22)19-11-5-4-9-16(14)19)18-12-6-8-15-7-2-3-10-17(15)18/h2-13,22H,1H3. The van der Waals surface area contributed by atoms with Gasteiger partial charge in [-0.2, -0.15) is 0 Å². The number of phenols is 1. The summed E-state index contributed by atoms with van der Waals surface area (Å²) in [6.07, 6.45) is 0. The van der Waals surface area contributed by atoms with E-state index in [1.807, 2.05) is 36.4 Å². The lowest BCUT2D eigenvalue weighted by molar-refractivity contribution is 0.483. The monoisotopic (exact) mass is 284 g/mol. The molecule has 0 saturated carbocycles. The molecular formula is C21H16O. The largest absolute Gasteiger partial charge is 0.507 e. The van der Waals surface area contributed by atoms with E-state index in [0.29, 0.717) is 5.75 Å². The van der Waals surface area contributed by atoms with E-state index in [0.717, 1.165) is 27.3 Å². The molecule has 106 valence electrons. The lowest BCUT2D eigenvalue weighted by Crippen LogP contribution is -1.87. The van der Waals surface area contributed by atoms with Crippen molar-refractivity contribution in [1.82, 2.24) is 0 Å². The second-order valence-electron chi connectivity index (χ2n) is 5.66. The number of aryl methyl sites for hydroxylation is 1. The molecule has 0 saturated heterocycles. The highest BCUT2D eigenvalue weighted by molar-refractivity contribution is 6.03. The molecule has 4 rings (SSSR count). The van der Waals surface area contributed by atoms with E-state index in [9.17, 15) is 5.11 Å². The van der Waals surface area contributed by atoms with Crippen molar-refractivity contribution in [2.45, 2.75) is 6.92 Å². The van der Waals surface area contributed by atoms with Gasteiger partial charge in [-0.3, -0.25) is 0 Å². The van der Waals surface area contributed by atoms with Gasteiger partial charge >= 0.3 is 0 Å². The Morgan fingerprint density at radius 2 is 1.27 bits per heavy atom. The molecule has 0 aliphatic heterocycles. The zero-order valence-electron chi connectivity index (χ0n) is 12.4. The van der Waals surface area contributed by atoms with Crippen LogP contribution in [0.1, 0.15) is 5.56 Å². The Morgan fingerprint density at radius 3 is 2.09 bits per heavy atom. The minimum absolute atomic E-state index is 0.359. The van der Waals surface area contributed by atoms with E-state index in [4.69, 9.17) is 0 Å². The van der Waals surface area contributed by atoms with E-state index < -0.39 is 0 Å². The third kappa shape index (κ3) is 1.86. The van der Waals surface area contributed by atoms with E-state index in [-0.39, 0.29) is 0 Å². The van der Waals surface area contributed by atoms with Crippen LogP contribution >= 0.6 is 0 Å². The first-order valence-corrected chi connectivity index (χ1v) is 7.45. The summed E-state index contributed by atoms with van der Waals surface area (Å²) in [5.41, 5.74) is 3.15. The Morgan fingerprint density at radius 1 is 0.636 bits per heavy atom. The second-order valence-corrected chi connectivity index (χ2v) is 5.66. The number of rotatable bonds is 1. The fraction of sp³-hybridized carbons (Fsp3) is 0.0476. The normalized spacial score (nSPS) is 11.1. The number of benzene rings is 4. The first-order valence-electron chi connectivity index (χ1n) is 7.45. The highest BCUT2D eigenvalue weighted by Gasteiger charge is 2.12. The average molecular weight is 284 g/mol. The molecule has 0 fully saturated rings. The minimum atomic E-state index is 0.359. The SMILES string of the molecule is Cc1cc(-c2cccc3ccccc23)c(O)c2ccccc12. The van der Waals surface area contributed by atoms with Crippen LogP contribution in [-0.2, 0) is 0 Å². The Labute approximate surface area is 129 Å². The molecule has 0 aromatic heterocycles. The van der Waals surface area contributed by atoms with E-state index >= 15 is 0 Å². The van der Waals surface area contributed by atoms with Crippen LogP contribution in [0.5, 0.6) is 5.75 Å². The van der Waals surface area contributed by atoms with Gasteiger partial charge in [0.2, 0.25) is 0 Å². The van der Waals surface area contributed by atoms with E-state index in [2.05, 4.69) is 43.3 Å². The molecule has 0 heterocycles. The maximum absolute atomic E-state index is 10.8. The highest BCUT2D eigenvalue weighted by atomic mass is 16.3. The van der Waals surface area contributed by atoms with Crippen molar-refractivity contribution >= 4 is 21.5 Å². The molecule has 0 atom stereocenters. The van der Waals surface area contributed by atoms with Gasteiger partial charge in [0, 0.05) is 10.9 Å². The van der Waals surface area contributed by atoms with Gasteiger partial charge in [-0.05, 0) is 40.3 Å². The summed E-state index contributed by atoms with van der Waals surface area (Å²) in [5, 5.41) is 15.1. The molecule has 0 unspecified atom stereocenters. The van der Waals surface area contributed by atoms with E-state index in [1.165, 1.54) is 10.9 Å². The molecule has 0 amide bonds. The summed E-state index contributed by atoms with van der Waals surface area (Å²) >= 11 is 0. The van der Waals surface area contributed by atoms with Crippen LogP contribution in [0.25, 0.3) is 32.7 Å². The summed E-state index contributed by atoms with van der Waals surface area (Å²) in [7, 11) is 0.